The number of unbranched alkanes of at least 4 members (excludes halogenated alkanes) is 2. The van der Waals surface area contributed by atoms with Gasteiger partial charge in [-0.25, -0.2) is 4.79 Å². The third-order valence-corrected chi connectivity index (χ3v) is 5.18. The summed E-state index contributed by atoms with van der Waals surface area (Å²) in [4.78, 5) is 37.8. The van der Waals surface area contributed by atoms with Crippen molar-refractivity contribution >= 4 is 17.9 Å². The average molecular weight is 498 g/mol. The minimum atomic E-state index is -1.37. The smallest absolute Gasteiger partial charge is 0.408 e. The normalized spacial score (nSPS) is 12.6. The molecule has 36 heavy (non-hydrogen) atoms. The predicted molar refractivity (Wildman–Crippen MR) is 146 cm³/mol. The molecule has 0 bridgehead atoms. The second kappa shape index (κ2) is 17.1. The van der Waals surface area contributed by atoms with Crippen LogP contribution in [0, 0.1) is 0 Å². The quantitative estimate of drug-likeness (QED) is 0.181. The monoisotopic (exact) mass is 497 g/mol. The van der Waals surface area contributed by atoms with Crippen molar-refractivity contribution in [1.82, 2.24) is 16.0 Å². The lowest BCUT2D eigenvalue weighted by molar-refractivity contribution is -0.132. The van der Waals surface area contributed by atoms with Crippen LogP contribution in [0.3, 0.4) is 0 Å². The first-order valence-corrected chi connectivity index (χ1v) is 12.7. The minimum Gasteiger partial charge on any atom is -0.444 e. The average Bonchev–Trinajstić information content (AvgIpc) is 2.83. The maximum absolute atomic E-state index is 12.8. The van der Waals surface area contributed by atoms with Crippen molar-refractivity contribution in [3.05, 3.63) is 72.4 Å². The zero-order valence-electron chi connectivity index (χ0n) is 22.3. The predicted octanol–water partition coefficient (Wildman–Crippen LogP) is 4.99. The van der Waals surface area contributed by atoms with Gasteiger partial charge in [0.05, 0.1) is 0 Å². The van der Waals surface area contributed by atoms with Crippen LogP contribution in [0.4, 0.5) is 4.79 Å². The molecule has 0 saturated heterocycles. The van der Waals surface area contributed by atoms with Crippen molar-refractivity contribution in [2.24, 2.45) is 0 Å². The fourth-order valence-electron chi connectivity index (χ4n) is 3.33. The Morgan fingerprint density at radius 1 is 0.972 bits per heavy atom. The molecule has 7 heteroatoms. The highest BCUT2D eigenvalue weighted by molar-refractivity contribution is 6.06. The third-order valence-electron chi connectivity index (χ3n) is 5.18. The second-order valence-corrected chi connectivity index (χ2v) is 9.53. The molecule has 1 unspecified atom stereocenters. The molecular formula is C29H43N3O4. The van der Waals surface area contributed by atoms with Gasteiger partial charge in [0, 0.05) is 13.1 Å². The minimum absolute atomic E-state index is 0.393. The van der Waals surface area contributed by atoms with Crippen LogP contribution >= 0.6 is 0 Å². The van der Waals surface area contributed by atoms with E-state index in [9.17, 15) is 14.4 Å². The largest absolute Gasteiger partial charge is 0.444 e. The van der Waals surface area contributed by atoms with Crippen molar-refractivity contribution in [2.45, 2.75) is 77.9 Å². The van der Waals surface area contributed by atoms with Gasteiger partial charge >= 0.3 is 6.09 Å². The zero-order valence-corrected chi connectivity index (χ0v) is 22.3. The standard InChI is InChI=1S/C29H43N3O4/c1-6-8-16-23(7-2)17-12-14-21-30-26(33)25(32-28(35)36-29(3,4)5)27(34)31-22-15-13-20-24-18-10-9-11-19-24/h6-11,16,18-19,25H,2,12-15,17,20-22H2,1,3-5H3,(H,30,33)(H,31,34)(H,32,35)/b8-6-,23-16+. The number of alkyl carbamates (subject to hydrolysis) is 1. The van der Waals surface area contributed by atoms with Crippen LogP contribution in [-0.4, -0.2) is 42.6 Å². The Balaban J connectivity index is 2.56. The molecule has 0 aliphatic heterocycles. The molecule has 0 heterocycles. The van der Waals surface area contributed by atoms with Gasteiger partial charge in [-0.2, -0.15) is 0 Å². The topological polar surface area (TPSA) is 96.5 Å². The summed E-state index contributed by atoms with van der Waals surface area (Å²) in [5.74, 6) is -1.11. The summed E-state index contributed by atoms with van der Waals surface area (Å²) in [6, 6.07) is 8.75. The van der Waals surface area contributed by atoms with Gasteiger partial charge < -0.3 is 20.7 Å². The van der Waals surface area contributed by atoms with Gasteiger partial charge in [-0.3, -0.25) is 9.59 Å². The molecule has 1 rings (SSSR count). The highest BCUT2D eigenvalue weighted by Gasteiger charge is 2.30. The van der Waals surface area contributed by atoms with Gasteiger partial charge in [-0.15, -0.1) is 0 Å². The number of benzene rings is 1. The van der Waals surface area contributed by atoms with E-state index in [1.54, 1.807) is 20.8 Å². The molecule has 3 amide bonds. The highest BCUT2D eigenvalue weighted by atomic mass is 16.6. The van der Waals surface area contributed by atoms with E-state index < -0.39 is 29.6 Å². The molecule has 3 N–H and O–H groups in total. The lowest BCUT2D eigenvalue weighted by Gasteiger charge is -2.23. The Labute approximate surface area is 216 Å². The van der Waals surface area contributed by atoms with Crippen LogP contribution in [0.2, 0.25) is 0 Å². The van der Waals surface area contributed by atoms with Gasteiger partial charge in [0.15, 0.2) is 6.04 Å². The van der Waals surface area contributed by atoms with Crippen molar-refractivity contribution < 1.29 is 19.1 Å². The third kappa shape index (κ3) is 14.1. The molecule has 0 aliphatic rings. The van der Waals surface area contributed by atoms with E-state index >= 15 is 0 Å². The Bertz CT molecular complexity index is 886. The lowest BCUT2D eigenvalue weighted by Crippen LogP contribution is -2.56. The first-order valence-electron chi connectivity index (χ1n) is 12.7. The molecule has 0 radical (unpaired) electrons. The van der Waals surface area contributed by atoms with Crippen molar-refractivity contribution in [3.63, 3.8) is 0 Å². The van der Waals surface area contributed by atoms with Crippen molar-refractivity contribution in [1.29, 1.82) is 0 Å². The van der Waals surface area contributed by atoms with Gasteiger partial charge in [0.2, 0.25) is 0 Å². The number of nitrogens with one attached hydrogen (secondary N) is 3. The van der Waals surface area contributed by atoms with Crippen molar-refractivity contribution in [3.8, 4) is 0 Å². The summed E-state index contributed by atoms with van der Waals surface area (Å²) in [6.07, 6.45) is 11.9. The fourth-order valence-corrected chi connectivity index (χ4v) is 3.33. The van der Waals surface area contributed by atoms with E-state index in [-0.39, 0.29) is 0 Å². The lowest BCUT2D eigenvalue weighted by atomic mass is 10.1. The second-order valence-electron chi connectivity index (χ2n) is 9.53. The molecule has 1 aromatic rings. The molecule has 0 saturated carbocycles. The fraction of sp³-hybridized carbons (Fsp3) is 0.483. The first kappa shape index (κ1) is 30.7. The molecule has 1 atom stereocenters. The van der Waals surface area contributed by atoms with Crippen LogP contribution in [0.15, 0.2) is 66.8 Å². The summed E-state index contributed by atoms with van der Waals surface area (Å²) in [7, 11) is 0. The Morgan fingerprint density at radius 3 is 2.14 bits per heavy atom. The number of amides is 3. The maximum Gasteiger partial charge on any atom is 0.408 e. The molecular weight excluding hydrogens is 454 g/mol. The van der Waals surface area contributed by atoms with Crippen molar-refractivity contribution in [2.75, 3.05) is 13.1 Å². The Kier molecular flexibility index (Phi) is 14.6. The molecule has 0 fully saturated rings. The Morgan fingerprint density at radius 2 is 1.58 bits per heavy atom. The van der Waals surface area contributed by atoms with Crippen LogP contribution in [0.1, 0.15) is 65.4 Å². The van der Waals surface area contributed by atoms with Crippen LogP contribution in [0.5, 0.6) is 0 Å². The number of carbonyl (C=O) groups excluding carboxylic acids is 3. The van der Waals surface area contributed by atoms with Gasteiger partial charge in [-0.05, 0) is 77.4 Å². The summed E-state index contributed by atoms with van der Waals surface area (Å²) < 4.78 is 5.24. The molecule has 1 aromatic carbocycles. The summed E-state index contributed by atoms with van der Waals surface area (Å²) in [6.45, 7) is 11.7. The van der Waals surface area contributed by atoms with E-state index in [0.717, 1.165) is 44.1 Å². The first-order chi connectivity index (χ1) is 17.2. The van der Waals surface area contributed by atoms with Crippen LogP contribution in [-0.2, 0) is 20.7 Å². The summed E-state index contributed by atoms with van der Waals surface area (Å²) in [5, 5.41) is 7.94. The number of aryl methyl sites for hydroxylation is 1. The van der Waals surface area contributed by atoms with Gasteiger partial charge in [0.1, 0.15) is 5.60 Å². The van der Waals surface area contributed by atoms with E-state index in [4.69, 9.17) is 4.74 Å². The number of hydrogen-bond donors (Lipinski definition) is 3. The van der Waals surface area contributed by atoms with Crippen LogP contribution in [0.25, 0.3) is 0 Å². The Hall–Kier alpha value is -3.35. The summed E-state index contributed by atoms with van der Waals surface area (Å²) >= 11 is 0. The van der Waals surface area contributed by atoms with Gasteiger partial charge in [-0.1, -0.05) is 61.2 Å². The molecule has 0 spiro atoms. The zero-order chi connectivity index (χ0) is 26.8. The van der Waals surface area contributed by atoms with Crippen LogP contribution < -0.4 is 16.0 Å². The number of hydrogen-bond acceptors (Lipinski definition) is 4. The molecule has 198 valence electrons. The van der Waals surface area contributed by atoms with E-state index in [0.29, 0.717) is 13.1 Å². The molecule has 0 aromatic heterocycles. The SMILES string of the molecule is C=C/C(=C\C=C/C)CCCCNC(=O)C(NC(=O)OC(C)(C)C)C(=O)NCCCCc1ccccc1. The van der Waals surface area contributed by atoms with E-state index in [1.807, 2.05) is 49.4 Å². The number of carbonyl (C=O) groups is 3. The number of ether oxygens (including phenoxy) is 1. The molecule has 7 nitrogen and oxygen atoms in total. The van der Waals surface area contributed by atoms with Gasteiger partial charge in [0.25, 0.3) is 11.8 Å². The van der Waals surface area contributed by atoms with E-state index in [2.05, 4.69) is 34.7 Å². The number of allylic oxidation sites excluding steroid dienone is 5. The molecule has 0 aliphatic carbocycles. The number of rotatable bonds is 15. The highest BCUT2D eigenvalue weighted by Crippen LogP contribution is 2.09. The maximum atomic E-state index is 12.8. The van der Waals surface area contributed by atoms with E-state index in [1.165, 1.54) is 5.56 Å². The summed E-state index contributed by atoms with van der Waals surface area (Å²) in [5.41, 5.74) is 1.61.